The molecule has 1 aromatic carbocycles. The van der Waals surface area contributed by atoms with Crippen LogP contribution in [0.25, 0.3) is 11.5 Å². The third kappa shape index (κ3) is 6.21. The molecule has 3 aromatic rings. The topological polar surface area (TPSA) is 111 Å². The zero-order valence-electron chi connectivity index (χ0n) is 23.2. The number of hydrogen-bond donors (Lipinski definition) is 0. The predicted molar refractivity (Wildman–Crippen MR) is 147 cm³/mol. The first-order valence-corrected chi connectivity index (χ1v) is 14.8. The number of hydrogen-bond acceptors (Lipinski definition) is 7. The lowest BCUT2D eigenvalue weighted by Gasteiger charge is -2.19. The minimum Gasteiger partial charge on any atom is -0.361 e. The van der Waals surface area contributed by atoms with Crippen molar-refractivity contribution in [1.82, 2.24) is 24.2 Å². The number of Topliss-reactive ketones (excluding diaryl/α,β-unsaturated/α-hetero) is 1. The summed E-state index contributed by atoms with van der Waals surface area (Å²) < 4.78 is 73.1. The molecule has 2 fully saturated rings. The Bertz CT molecular complexity index is 1530. The van der Waals surface area contributed by atoms with E-state index in [1.54, 1.807) is 6.07 Å². The van der Waals surface area contributed by atoms with Gasteiger partial charge in [-0.25, -0.2) is 8.42 Å². The van der Waals surface area contributed by atoms with Crippen molar-refractivity contribution >= 4 is 28.2 Å². The third-order valence-electron chi connectivity index (χ3n) is 7.56. The quantitative estimate of drug-likeness (QED) is 0.326. The molecule has 0 bridgehead atoms. The van der Waals surface area contributed by atoms with E-state index in [9.17, 15) is 26.4 Å². The predicted octanol–water partition coefficient (Wildman–Crippen LogP) is 5.18. The molecule has 0 unspecified atom stereocenters. The molecule has 0 N–H and O–H groups in total. The molecule has 224 valence electrons. The molecular weight excluding hydrogens is 583 g/mol. The number of benzene rings is 1. The second-order valence-electron chi connectivity index (χ2n) is 11.3. The number of aryl methyl sites for hydroxylation is 2. The van der Waals surface area contributed by atoms with Crippen molar-refractivity contribution in [3.8, 4) is 11.5 Å². The summed E-state index contributed by atoms with van der Waals surface area (Å²) in [7, 11) is -5.64. The fourth-order valence-corrected chi connectivity index (χ4v) is 6.41. The van der Waals surface area contributed by atoms with Crippen molar-refractivity contribution in [3.05, 3.63) is 52.5 Å². The van der Waals surface area contributed by atoms with Crippen LogP contribution in [0.5, 0.6) is 0 Å². The largest absolute Gasteiger partial charge is 0.511 e. The van der Waals surface area contributed by atoms with E-state index in [4.69, 9.17) is 4.52 Å². The van der Waals surface area contributed by atoms with Gasteiger partial charge in [-0.3, -0.25) is 4.79 Å². The Balaban J connectivity index is 0.00000387. The zero-order chi connectivity index (χ0) is 29.0. The van der Waals surface area contributed by atoms with Crippen LogP contribution in [-0.4, -0.2) is 57.0 Å². The number of sulfonamides is 1. The number of nitrogens with zero attached hydrogens (tertiary/aromatic N) is 5. The molecule has 2 atom stereocenters. The summed E-state index contributed by atoms with van der Waals surface area (Å²) in [6.07, 6.45) is 2.24. The van der Waals surface area contributed by atoms with Gasteiger partial charge in [0.05, 0.1) is 0 Å². The molecule has 1 saturated carbocycles. The highest BCUT2D eigenvalue weighted by molar-refractivity contribution is 7.90. The van der Waals surface area contributed by atoms with Crippen LogP contribution in [0.15, 0.2) is 28.8 Å². The first kappa shape index (κ1) is 31.2. The number of ketones is 1. The lowest BCUT2D eigenvalue weighted by molar-refractivity contribution is -0.122. The number of rotatable bonds is 9. The first-order chi connectivity index (χ1) is 18.8. The zero-order valence-corrected chi connectivity index (χ0v) is 24.8. The van der Waals surface area contributed by atoms with Gasteiger partial charge in [0.2, 0.25) is 0 Å². The monoisotopic (exact) mass is 615 g/mol. The maximum atomic E-state index is 13.6. The van der Waals surface area contributed by atoms with Crippen LogP contribution in [0.1, 0.15) is 66.9 Å². The normalized spacial score (nSPS) is 20.0. The Kier molecular flexibility index (Phi) is 8.73. The lowest BCUT2D eigenvalue weighted by atomic mass is 9.87. The molecule has 0 amide bonds. The highest BCUT2D eigenvalue weighted by Gasteiger charge is 2.55. The van der Waals surface area contributed by atoms with Crippen LogP contribution in [0.3, 0.4) is 0 Å². The van der Waals surface area contributed by atoms with Gasteiger partial charge in [0, 0.05) is 49.9 Å². The standard InChI is InChI=1S/C27H32F3N5O4S.ClH/c1-15(2)9-20-12-23(33-39-20)26-32-31-25(35(26)19-7-8-19)22-14-34(40(37,38)27(28,29)30)13-21(22)24(36)11-18-6-5-16(3)10-17(18)4;/h5-6,10,12,15,19,21-22H,7-9,11,13-14H2,1-4H3;1H/t21-,22-;/m0./s1. The van der Waals surface area contributed by atoms with Crippen molar-refractivity contribution in [3.63, 3.8) is 0 Å². The average Bonchev–Trinajstić information content (AvgIpc) is 3.24. The summed E-state index contributed by atoms with van der Waals surface area (Å²) in [5.74, 6) is -0.577. The van der Waals surface area contributed by atoms with E-state index in [-0.39, 0.29) is 30.7 Å². The average molecular weight is 616 g/mol. The molecule has 3 heterocycles. The van der Waals surface area contributed by atoms with Crippen LogP contribution in [0, 0.1) is 25.7 Å². The molecule has 1 saturated heterocycles. The summed E-state index contributed by atoms with van der Waals surface area (Å²) in [6, 6.07) is 7.36. The molecule has 1 aliphatic carbocycles. The van der Waals surface area contributed by atoms with Crippen LogP contribution in [0.2, 0.25) is 0 Å². The van der Waals surface area contributed by atoms with Gasteiger partial charge in [-0.2, -0.15) is 17.5 Å². The fraction of sp³-hybridized carbons (Fsp3) is 0.556. The maximum Gasteiger partial charge on any atom is 0.511 e. The number of halogens is 4. The molecule has 0 radical (unpaired) electrons. The summed E-state index contributed by atoms with van der Waals surface area (Å²) in [5.41, 5.74) is -2.39. The molecule has 5 rings (SSSR count). The minimum absolute atomic E-state index is 0. The molecule has 1 aliphatic heterocycles. The van der Waals surface area contributed by atoms with Crippen LogP contribution in [0.4, 0.5) is 13.2 Å². The molecule has 41 heavy (non-hydrogen) atoms. The highest BCUT2D eigenvalue weighted by Crippen LogP contribution is 2.44. The Morgan fingerprint density at radius 1 is 1.12 bits per heavy atom. The van der Waals surface area contributed by atoms with Gasteiger partial charge in [0.25, 0.3) is 0 Å². The van der Waals surface area contributed by atoms with Gasteiger partial charge in [0.1, 0.15) is 17.4 Å². The second kappa shape index (κ2) is 11.5. The Labute approximate surface area is 242 Å². The van der Waals surface area contributed by atoms with Crippen molar-refractivity contribution in [2.75, 3.05) is 13.1 Å². The van der Waals surface area contributed by atoms with Gasteiger partial charge < -0.3 is 9.09 Å². The Morgan fingerprint density at radius 3 is 2.44 bits per heavy atom. The molecular formula is C27H33ClF3N5O4S. The fourth-order valence-electron chi connectivity index (χ4n) is 5.40. The van der Waals surface area contributed by atoms with E-state index in [0.29, 0.717) is 39.7 Å². The van der Waals surface area contributed by atoms with Crippen LogP contribution < -0.4 is 0 Å². The van der Waals surface area contributed by atoms with E-state index >= 15 is 0 Å². The molecule has 2 aromatic heterocycles. The summed E-state index contributed by atoms with van der Waals surface area (Å²) in [5, 5.41) is 12.8. The van der Waals surface area contributed by atoms with Crippen LogP contribution >= 0.6 is 12.4 Å². The summed E-state index contributed by atoms with van der Waals surface area (Å²) >= 11 is 0. The first-order valence-electron chi connectivity index (χ1n) is 13.3. The second-order valence-corrected chi connectivity index (χ2v) is 13.2. The maximum absolute atomic E-state index is 13.6. The van der Waals surface area contributed by atoms with E-state index in [1.807, 2.05) is 50.5 Å². The smallest absolute Gasteiger partial charge is 0.361 e. The number of aromatic nitrogens is 4. The van der Waals surface area contributed by atoms with Gasteiger partial charge >= 0.3 is 15.5 Å². The molecule has 14 heteroatoms. The van der Waals surface area contributed by atoms with Crippen molar-refractivity contribution in [2.24, 2.45) is 11.8 Å². The SMILES string of the molecule is Cc1ccc(CC(=O)[C@H]2CN(S(=O)(=O)C(F)(F)F)C[C@@H]2c2nnc(-c3cc(CC(C)C)on3)n2C2CC2)c(C)c1.Cl. The Morgan fingerprint density at radius 2 is 1.83 bits per heavy atom. The minimum atomic E-state index is -5.64. The molecule has 0 spiro atoms. The van der Waals surface area contributed by atoms with Gasteiger partial charge in [0.15, 0.2) is 11.5 Å². The third-order valence-corrected chi connectivity index (χ3v) is 9.12. The number of carbonyl (C=O) groups is 1. The van der Waals surface area contributed by atoms with E-state index in [0.717, 1.165) is 29.5 Å². The van der Waals surface area contributed by atoms with Crippen molar-refractivity contribution in [2.45, 2.75) is 70.8 Å². The Hall–Kier alpha value is -2.77. The van der Waals surface area contributed by atoms with Crippen LogP contribution in [-0.2, 0) is 27.7 Å². The van der Waals surface area contributed by atoms with Crippen molar-refractivity contribution in [1.29, 1.82) is 0 Å². The van der Waals surface area contributed by atoms with Gasteiger partial charge in [-0.15, -0.1) is 22.6 Å². The number of carbonyl (C=O) groups excluding carboxylic acids is 1. The molecule has 9 nitrogen and oxygen atoms in total. The van der Waals surface area contributed by atoms with Gasteiger partial charge in [-0.05, 0) is 43.7 Å². The van der Waals surface area contributed by atoms with E-state index in [1.165, 1.54) is 0 Å². The lowest BCUT2D eigenvalue weighted by Crippen LogP contribution is -2.39. The highest BCUT2D eigenvalue weighted by atomic mass is 35.5. The van der Waals surface area contributed by atoms with Crippen molar-refractivity contribution < 1.29 is 30.9 Å². The summed E-state index contributed by atoms with van der Waals surface area (Å²) in [4.78, 5) is 13.6. The van der Waals surface area contributed by atoms with E-state index in [2.05, 4.69) is 15.4 Å². The molecule has 2 aliphatic rings. The van der Waals surface area contributed by atoms with E-state index < -0.39 is 40.5 Å². The number of alkyl halides is 3. The summed E-state index contributed by atoms with van der Waals surface area (Å²) in [6.45, 7) is 6.78. The van der Waals surface area contributed by atoms with Gasteiger partial charge in [-0.1, -0.05) is 42.8 Å².